The van der Waals surface area contributed by atoms with Gasteiger partial charge in [-0.2, -0.15) is 5.26 Å². The quantitative estimate of drug-likeness (QED) is 0.798. The van der Waals surface area contributed by atoms with Gasteiger partial charge in [-0.15, -0.1) is 0 Å². The third kappa shape index (κ3) is 2.21. The van der Waals surface area contributed by atoms with Crippen LogP contribution in [0.4, 0.5) is 11.4 Å². The van der Waals surface area contributed by atoms with Crippen LogP contribution in [0.2, 0.25) is 0 Å². The van der Waals surface area contributed by atoms with E-state index in [2.05, 4.69) is 54.1 Å². The molecule has 3 heteroatoms. The first-order valence-corrected chi connectivity index (χ1v) is 6.21. The number of nitriles is 1. The van der Waals surface area contributed by atoms with Gasteiger partial charge in [0.1, 0.15) is 0 Å². The third-order valence-corrected chi connectivity index (χ3v) is 3.52. The van der Waals surface area contributed by atoms with E-state index in [9.17, 15) is 0 Å². The Morgan fingerprint density at radius 1 is 1.29 bits per heavy atom. The summed E-state index contributed by atoms with van der Waals surface area (Å²) in [4.78, 5) is 4.67. The predicted octanol–water partition coefficient (Wildman–Crippen LogP) is 2.64. The molecular formula is C14H19N3. The highest BCUT2D eigenvalue weighted by molar-refractivity contribution is 5.73. The minimum Gasteiger partial charge on any atom is -0.371 e. The second-order valence-corrected chi connectivity index (χ2v) is 4.53. The van der Waals surface area contributed by atoms with Crippen molar-refractivity contribution in [3.63, 3.8) is 0 Å². The Morgan fingerprint density at radius 3 is 2.65 bits per heavy atom. The van der Waals surface area contributed by atoms with Crippen LogP contribution in [0, 0.1) is 11.3 Å². The van der Waals surface area contributed by atoms with Crippen LogP contribution in [0.15, 0.2) is 24.3 Å². The molecule has 17 heavy (non-hydrogen) atoms. The van der Waals surface area contributed by atoms with Crippen molar-refractivity contribution >= 4 is 11.4 Å². The lowest BCUT2D eigenvalue weighted by Crippen LogP contribution is -2.44. The summed E-state index contributed by atoms with van der Waals surface area (Å²) in [6.07, 6.45) is 1.63. The van der Waals surface area contributed by atoms with Gasteiger partial charge in [0.05, 0.1) is 23.9 Å². The zero-order valence-corrected chi connectivity index (χ0v) is 10.6. The van der Waals surface area contributed by atoms with Crippen molar-refractivity contribution in [3.05, 3.63) is 24.3 Å². The minimum absolute atomic E-state index is 0.342. The molecular weight excluding hydrogens is 210 g/mol. The Kier molecular flexibility index (Phi) is 3.53. The molecule has 1 aromatic carbocycles. The van der Waals surface area contributed by atoms with E-state index in [-0.39, 0.29) is 0 Å². The van der Waals surface area contributed by atoms with Crippen LogP contribution in [-0.4, -0.2) is 26.2 Å². The van der Waals surface area contributed by atoms with E-state index in [0.717, 1.165) is 19.5 Å². The zero-order valence-electron chi connectivity index (χ0n) is 10.6. The van der Waals surface area contributed by atoms with E-state index < -0.39 is 0 Å². The minimum atomic E-state index is 0.342. The van der Waals surface area contributed by atoms with Crippen LogP contribution < -0.4 is 9.80 Å². The third-order valence-electron chi connectivity index (χ3n) is 3.52. The lowest BCUT2D eigenvalue weighted by atomic mass is 10.1. The van der Waals surface area contributed by atoms with Crippen LogP contribution in [-0.2, 0) is 0 Å². The molecule has 90 valence electrons. The molecule has 0 aromatic heterocycles. The topological polar surface area (TPSA) is 30.3 Å². The molecule has 1 aliphatic rings. The summed E-state index contributed by atoms with van der Waals surface area (Å²) in [5.41, 5.74) is 2.54. The van der Waals surface area contributed by atoms with E-state index >= 15 is 0 Å². The van der Waals surface area contributed by atoms with E-state index in [1.54, 1.807) is 0 Å². The highest BCUT2D eigenvalue weighted by atomic mass is 15.3. The molecule has 0 fully saturated rings. The van der Waals surface area contributed by atoms with Gasteiger partial charge in [-0.05, 0) is 18.6 Å². The van der Waals surface area contributed by atoms with Crippen LogP contribution in [0.25, 0.3) is 0 Å². The van der Waals surface area contributed by atoms with E-state index in [1.807, 2.05) is 0 Å². The van der Waals surface area contributed by atoms with Crippen molar-refractivity contribution in [1.82, 2.24) is 0 Å². The van der Waals surface area contributed by atoms with Gasteiger partial charge >= 0.3 is 0 Å². The normalized spacial score (nSPS) is 16.3. The highest BCUT2D eigenvalue weighted by Gasteiger charge is 2.24. The number of rotatable bonds is 3. The van der Waals surface area contributed by atoms with Crippen molar-refractivity contribution in [2.45, 2.75) is 25.8 Å². The lowest BCUT2D eigenvalue weighted by Gasteiger charge is -2.40. The Morgan fingerprint density at radius 2 is 2.00 bits per heavy atom. The van der Waals surface area contributed by atoms with Crippen LogP contribution >= 0.6 is 0 Å². The van der Waals surface area contributed by atoms with Crippen molar-refractivity contribution in [3.8, 4) is 6.07 Å². The van der Waals surface area contributed by atoms with Gasteiger partial charge in [-0.1, -0.05) is 19.1 Å². The average molecular weight is 229 g/mol. The number of likely N-dealkylation sites (N-methyl/N-ethyl adjacent to an activating group) is 1. The first-order chi connectivity index (χ1) is 8.27. The maximum Gasteiger partial charge on any atom is 0.0643 e. The zero-order chi connectivity index (χ0) is 12.3. The number of para-hydroxylation sites is 2. The molecule has 0 saturated carbocycles. The molecule has 0 saturated heterocycles. The fourth-order valence-corrected chi connectivity index (χ4v) is 2.49. The SMILES string of the molecule is CCC(CC#N)N1CCN(C)c2ccccc21. The molecule has 1 aliphatic heterocycles. The number of fused-ring (bicyclic) bond motifs is 1. The summed E-state index contributed by atoms with van der Waals surface area (Å²) >= 11 is 0. The van der Waals surface area contributed by atoms with Gasteiger partial charge in [0.15, 0.2) is 0 Å². The standard InChI is InChI=1S/C14H19N3/c1-3-12(8-9-15)17-11-10-16(2)13-6-4-5-7-14(13)17/h4-7,12H,3,8,10-11H2,1-2H3. The second-order valence-electron chi connectivity index (χ2n) is 4.53. The van der Waals surface area contributed by atoms with Crippen LogP contribution in [0.1, 0.15) is 19.8 Å². The summed E-state index contributed by atoms with van der Waals surface area (Å²) in [5.74, 6) is 0. The van der Waals surface area contributed by atoms with Crippen LogP contribution in [0.5, 0.6) is 0 Å². The number of nitrogens with zero attached hydrogens (tertiary/aromatic N) is 3. The molecule has 0 radical (unpaired) electrons. The molecule has 0 aliphatic carbocycles. The summed E-state index contributed by atoms with van der Waals surface area (Å²) in [6, 6.07) is 11.1. The van der Waals surface area contributed by atoms with E-state index in [0.29, 0.717) is 12.5 Å². The van der Waals surface area contributed by atoms with Gasteiger partial charge in [-0.3, -0.25) is 0 Å². The maximum atomic E-state index is 8.91. The summed E-state index contributed by atoms with van der Waals surface area (Å²) in [5, 5.41) is 8.91. The van der Waals surface area contributed by atoms with Crippen molar-refractivity contribution in [2.24, 2.45) is 0 Å². The fraction of sp³-hybridized carbons (Fsp3) is 0.500. The lowest BCUT2D eigenvalue weighted by molar-refractivity contribution is 0.570. The first-order valence-electron chi connectivity index (χ1n) is 6.21. The number of anilines is 2. The van der Waals surface area contributed by atoms with Crippen molar-refractivity contribution in [2.75, 3.05) is 29.9 Å². The average Bonchev–Trinajstić information content (AvgIpc) is 2.37. The molecule has 1 unspecified atom stereocenters. The molecule has 1 aromatic rings. The molecule has 2 rings (SSSR count). The Balaban J connectivity index is 2.32. The summed E-state index contributed by atoms with van der Waals surface area (Å²) in [6.45, 7) is 4.19. The molecule has 0 bridgehead atoms. The molecule has 0 amide bonds. The largest absolute Gasteiger partial charge is 0.371 e. The van der Waals surface area contributed by atoms with E-state index in [4.69, 9.17) is 5.26 Å². The molecule has 1 heterocycles. The predicted molar refractivity (Wildman–Crippen MR) is 71.4 cm³/mol. The molecule has 3 nitrogen and oxygen atoms in total. The fourth-order valence-electron chi connectivity index (χ4n) is 2.49. The highest BCUT2D eigenvalue weighted by Crippen LogP contribution is 2.34. The smallest absolute Gasteiger partial charge is 0.0643 e. The number of benzene rings is 1. The van der Waals surface area contributed by atoms with Gasteiger partial charge in [0, 0.05) is 26.2 Å². The molecule has 0 N–H and O–H groups in total. The van der Waals surface area contributed by atoms with E-state index in [1.165, 1.54) is 11.4 Å². The summed E-state index contributed by atoms with van der Waals surface area (Å²) < 4.78 is 0. The van der Waals surface area contributed by atoms with Gasteiger partial charge in [0.25, 0.3) is 0 Å². The molecule has 1 atom stereocenters. The summed E-state index contributed by atoms with van der Waals surface area (Å²) in [7, 11) is 2.13. The number of hydrogen-bond acceptors (Lipinski definition) is 3. The molecule has 0 spiro atoms. The first kappa shape index (κ1) is 11.8. The van der Waals surface area contributed by atoms with Gasteiger partial charge in [-0.25, -0.2) is 0 Å². The Hall–Kier alpha value is -1.69. The Bertz CT molecular complexity index is 422. The van der Waals surface area contributed by atoms with Crippen molar-refractivity contribution in [1.29, 1.82) is 5.26 Å². The number of hydrogen-bond donors (Lipinski definition) is 0. The monoisotopic (exact) mass is 229 g/mol. The van der Waals surface area contributed by atoms with Crippen LogP contribution in [0.3, 0.4) is 0 Å². The van der Waals surface area contributed by atoms with Gasteiger partial charge < -0.3 is 9.80 Å². The van der Waals surface area contributed by atoms with Gasteiger partial charge in [0.2, 0.25) is 0 Å². The Labute approximate surface area is 103 Å². The van der Waals surface area contributed by atoms with Crippen molar-refractivity contribution < 1.29 is 0 Å². The second kappa shape index (κ2) is 5.09. The maximum absolute atomic E-state index is 8.91.